The van der Waals surface area contributed by atoms with E-state index < -0.39 is 11.6 Å². The number of ether oxygens (including phenoxy) is 4. The predicted molar refractivity (Wildman–Crippen MR) is 166 cm³/mol. The molecule has 1 aliphatic rings. The monoisotopic (exact) mass is 579 g/mol. The Morgan fingerprint density at radius 3 is 2.63 bits per heavy atom. The average molecular weight is 580 g/mol. The third kappa shape index (κ3) is 6.78. The van der Waals surface area contributed by atoms with Crippen LogP contribution in [0.4, 0.5) is 4.79 Å². The van der Waals surface area contributed by atoms with Crippen molar-refractivity contribution >= 4 is 33.7 Å². The van der Waals surface area contributed by atoms with Gasteiger partial charge in [-0.25, -0.2) is 4.79 Å². The van der Waals surface area contributed by atoms with Gasteiger partial charge in [-0.1, -0.05) is 43.5 Å². The lowest BCUT2D eigenvalue weighted by atomic mass is 10.0. The number of hydrogen-bond acceptors (Lipinski definition) is 7. The van der Waals surface area contributed by atoms with E-state index in [-0.39, 0.29) is 19.1 Å². The van der Waals surface area contributed by atoms with E-state index in [9.17, 15) is 9.59 Å². The molecule has 1 aliphatic carbocycles. The van der Waals surface area contributed by atoms with Crippen molar-refractivity contribution in [2.45, 2.75) is 18.4 Å². The second kappa shape index (κ2) is 12.7. The first-order valence-electron chi connectivity index (χ1n) is 13.8. The number of alkyl carbamates (subject to hydrolysis) is 1. The van der Waals surface area contributed by atoms with Crippen molar-refractivity contribution < 1.29 is 28.5 Å². The van der Waals surface area contributed by atoms with Crippen LogP contribution in [0.2, 0.25) is 0 Å². The molecule has 0 saturated heterocycles. The van der Waals surface area contributed by atoms with Crippen molar-refractivity contribution in [2.75, 3.05) is 27.4 Å². The van der Waals surface area contributed by atoms with Gasteiger partial charge in [0.05, 0.1) is 18.2 Å². The standard InChI is InChI=1S/C34H33N3O6/c1-5-6-8-22(2)20-41-33(39)37-34(14-15-34)21-42-31-19-28-27(18-30(31)40-4)29(13-16-36-28)43-24-11-12-25-23(17-24)9-7-10-26(25)32(38)35-3/h5-13,16-19H,1-2,14-15,20-21H2,3-4H3,(H,35,38)(H,37,39)/b8-6-. The Bertz CT molecular complexity index is 1740. The first-order chi connectivity index (χ1) is 20.8. The molecule has 0 aliphatic heterocycles. The summed E-state index contributed by atoms with van der Waals surface area (Å²) in [5, 5.41) is 8.04. The van der Waals surface area contributed by atoms with Gasteiger partial charge in [-0.3, -0.25) is 9.78 Å². The second-order valence-electron chi connectivity index (χ2n) is 10.2. The Kier molecular flexibility index (Phi) is 8.61. The van der Waals surface area contributed by atoms with Gasteiger partial charge in [0.15, 0.2) is 11.5 Å². The number of nitrogens with zero attached hydrogens (tertiary/aromatic N) is 1. The normalized spacial score (nSPS) is 13.3. The van der Waals surface area contributed by atoms with Gasteiger partial charge in [-0.05, 0) is 65.6 Å². The average Bonchev–Trinajstić information content (AvgIpc) is 3.79. The summed E-state index contributed by atoms with van der Waals surface area (Å²) >= 11 is 0. The van der Waals surface area contributed by atoms with Gasteiger partial charge in [0.2, 0.25) is 0 Å². The molecule has 0 unspecified atom stereocenters. The molecule has 9 nitrogen and oxygen atoms in total. The minimum Gasteiger partial charge on any atom is -0.493 e. The van der Waals surface area contributed by atoms with Crippen molar-refractivity contribution in [1.82, 2.24) is 15.6 Å². The van der Waals surface area contributed by atoms with Crippen molar-refractivity contribution in [3.8, 4) is 23.0 Å². The van der Waals surface area contributed by atoms with E-state index in [1.165, 1.54) is 0 Å². The van der Waals surface area contributed by atoms with Crippen LogP contribution in [0.5, 0.6) is 23.0 Å². The van der Waals surface area contributed by atoms with E-state index in [0.29, 0.717) is 39.7 Å². The third-order valence-corrected chi connectivity index (χ3v) is 7.12. The number of benzene rings is 3. The zero-order valence-corrected chi connectivity index (χ0v) is 24.1. The van der Waals surface area contributed by atoms with E-state index in [1.807, 2.05) is 36.4 Å². The summed E-state index contributed by atoms with van der Waals surface area (Å²) in [6, 6.07) is 16.6. The lowest BCUT2D eigenvalue weighted by Crippen LogP contribution is -2.41. The molecule has 2 amide bonds. The number of hydrogen-bond donors (Lipinski definition) is 2. The van der Waals surface area contributed by atoms with Gasteiger partial charge >= 0.3 is 6.09 Å². The topological polar surface area (TPSA) is 108 Å². The SMILES string of the molecule is C=C/C=C\C(=C)COC(=O)NC1(COc2cc3nccc(Oc4ccc5c(C(=O)NC)cccc5c4)c3cc2OC)CC1. The molecule has 0 radical (unpaired) electrons. The maximum absolute atomic E-state index is 12.4. The van der Waals surface area contributed by atoms with Crippen LogP contribution in [0.25, 0.3) is 21.7 Å². The van der Waals surface area contributed by atoms with Gasteiger partial charge in [-0.2, -0.15) is 0 Å². The molecule has 2 N–H and O–H groups in total. The van der Waals surface area contributed by atoms with Crippen LogP contribution in [0.15, 0.2) is 97.8 Å². The van der Waals surface area contributed by atoms with E-state index in [0.717, 1.165) is 29.0 Å². The van der Waals surface area contributed by atoms with Gasteiger partial charge in [0, 0.05) is 30.3 Å². The summed E-state index contributed by atoms with van der Waals surface area (Å²) in [7, 11) is 3.17. The fourth-order valence-electron chi connectivity index (χ4n) is 4.61. The Morgan fingerprint density at radius 1 is 1.05 bits per heavy atom. The minimum absolute atomic E-state index is 0.0813. The summed E-state index contributed by atoms with van der Waals surface area (Å²) in [5.41, 5.74) is 1.39. The van der Waals surface area contributed by atoms with Crippen LogP contribution in [-0.4, -0.2) is 49.9 Å². The number of carbonyl (C=O) groups excluding carboxylic acids is 2. The number of fused-ring (bicyclic) bond motifs is 2. The Morgan fingerprint density at radius 2 is 1.88 bits per heavy atom. The fraction of sp³-hybridized carbons (Fsp3) is 0.206. The van der Waals surface area contributed by atoms with Crippen molar-refractivity contribution in [1.29, 1.82) is 0 Å². The van der Waals surface area contributed by atoms with Gasteiger partial charge in [0.1, 0.15) is 24.7 Å². The Balaban J connectivity index is 1.30. The minimum atomic E-state index is -0.526. The summed E-state index contributed by atoms with van der Waals surface area (Å²) in [6.07, 6.45) is 7.76. The number of pyridine rings is 1. The van der Waals surface area contributed by atoms with Gasteiger partial charge in [-0.15, -0.1) is 0 Å². The molecule has 220 valence electrons. The lowest BCUT2D eigenvalue weighted by molar-refractivity contribution is 0.0964. The largest absolute Gasteiger partial charge is 0.493 e. The molecule has 0 spiro atoms. The molecule has 43 heavy (non-hydrogen) atoms. The number of allylic oxidation sites excluding steroid dienone is 2. The number of nitrogens with one attached hydrogen (secondary N) is 2. The molecule has 1 saturated carbocycles. The van der Waals surface area contributed by atoms with Crippen molar-refractivity contribution in [2.24, 2.45) is 0 Å². The highest BCUT2D eigenvalue weighted by atomic mass is 16.6. The first kappa shape index (κ1) is 29.2. The summed E-state index contributed by atoms with van der Waals surface area (Å²) in [4.78, 5) is 29.1. The fourth-order valence-corrected chi connectivity index (χ4v) is 4.61. The molecule has 4 aromatic rings. The molecule has 0 atom stereocenters. The van der Waals surface area contributed by atoms with E-state index >= 15 is 0 Å². The van der Waals surface area contributed by atoms with Gasteiger partial charge < -0.3 is 29.6 Å². The number of methoxy groups -OCH3 is 1. The Hall–Kier alpha value is -5.31. The van der Waals surface area contributed by atoms with Crippen molar-refractivity contribution in [3.05, 3.63) is 103 Å². The summed E-state index contributed by atoms with van der Waals surface area (Å²) < 4.78 is 23.3. The highest BCUT2D eigenvalue weighted by molar-refractivity contribution is 6.07. The summed E-state index contributed by atoms with van der Waals surface area (Å²) in [6.45, 7) is 7.77. The zero-order valence-electron chi connectivity index (χ0n) is 24.1. The number of carbonyl (C=O) groups is 2. The maximum Gasteiger partial charge on any atom is 0.408 e. The molecule has 9 heteroatoms. The third-order valence-electron chi connectivity index (χ3n) is 7.12. The van der Waals surface area contributed by atoms with Crippen LogP contribution < -0.4 is 24.8 Å². The predicted octanol–water partition coefficient (Wildman–Crippen LogP) is 6.48. The number of aromatic nitrogens is 1. The van der Waals surface area contributed by atoms with Crippen LogP contribution in [0, 0.1) is 0 Å². The zero-order chi connectivity index (χ0) is 30.4. The number of rotatable bonds is 12. The molecular weight excluding hydrogens is 546 g/mol. The quantitative estimate of drug-likeness (QED) is 0.185. The smallest absolute Gasteiger partial charge is 0.408 e. The molecule has 1 heterocycles. The molecule has 1 aromatic heterocycles. The van der Waals surface area contributed by atoms with Crippen molar-refractivity contribution in [3.63, 3.8) is 0 Å². The van der Waals surface area contributed by atoms with Gasteiger partial charge in [0.25, 0.3) is 5.91 Å². The second-order valence-corrected chi connectivity index (χ2v) is 10.2. The van der Waals surface area contributed by atoms with E-state index in [2.05, 4.69) is 28.8 Å². The first-order valence-corrected chi connectivity index (χ1v) is 13.8. The van der Waals surface area contributed by atoms with Crippen LogP contribution in [0.1, 0.15) is 23.2 Å². The lowest BCUT2D eigenvalue weighted by Gasteiger charge is -2.20. The van der Waals surface area contributed by atoms with Crippen LogP contribution in [-0.2, 0) is 4.74 Å². The molecule has 0 bridgehead atoms. The highest BCUT2D eigenvalue weighted by Crippen LogP contribution is 2.40. The molecule has 3 aromatic carbocycles. The maximum atomic E-state index is 12.4. The van der Waals surface area contributed by atoms with Crippen LogP contribution >= 0.6 is 0 Å². The van der Waals surface area contributed by atoms with E-state index in [4.69, 9.17) is 18.9 Å². The molecule has 1 fully saturated rings. The highest BCUT2D eigenvalue weighted by Gasteiger charge is 2.45. The Labute approximate surface area is 249 Å². The van der Waals surface area contributed by atoms with E-state index in [1.54, 1.807) is 56.8 Å². The number of amides is 2. The molecular formula is C34H33N3O6. The van der Waals surface area contributed by atoms with Crippen LogP contribution in [0.3, 0.4) is 0 Å². The summed E-state index contributed by atoms with van der Waals surface area (Å²) in [5.74, 6) is 2.05. The molecule has 5 rings (SSSR count).